The molecule has 0 saturated carbocycles. The molecule has 0 bridgehead atoms. The topological polar surface area (TPSA) is 147 Å². The number of esters is 1. The summed E-state index contributed by atoms with van der Waals surface area (Å²) in [5, 5.41) is 21.1. The van der Waals surface area contributed by atoms with E-state index in [0.717, 1.165) is 44.4 Å². The average molecular weight is 568 g/mol. The normalized spacial score (nSPS) is 13.9. The number of ether oxygens (including phenoxy) is 3. The number of nitrogens with zero attached hydrogens (tertiary/aromatic N) is 5. The first kappa shape index (κ1) is 28.7. The molecule has 13 heteroatoms. The average Bonchev–Trinajstić information content (AvgIpc) is 3.07. The molecule has 0 radical (unpaired) electrons. The van der Waals surface area contributed by atoms with Crippen LogP contribution in [0.5, 0.6) is 17.4 Å². The second kappa shape index (κ2) is 12.7. The van der Waals surface area contributed by atoms with Gasteiger partial charge in [0.15, 0.2) is 5.69 Å². The SMILES string of the molecule is CCCCCCSc1nnc2c(n1)O[C@H](c1cc(OC)cc([N+](=O)[O-])c1OC(C)=O)N(C(C)=O)c1ccccc1-2. The molecule has 1 amide bonds. The van der Waals surface area contributed by atoms with Gasteiger partial charge in [-0.15, -0.1) is 10.2 Å². The first-order valence-electron chi connectivity index (χ1n) is 12.7. The highest BCUT2D eigenvalue weighted by Gasteiger charge is 2.39. The van der Waals surface area contributed by atoms with E-state index in [0.29, 0.717) is 22.1 Å². The van der Waals surface area contributed by atoms with Crippen molar-refractivity contribution in [2.24, 2.45) is 0 Å². The number of thioether (sulfide) groups is 1. The fourth-order valence-corrected chi connectivity index (χ4v) is 5.09. The van der Waals surface area contributed by atoms with E-state index in [1.54, 1.807) is 24.3 Å². The number of fused-ring (bicyclic) bond motifs is 3. The standard InChI is InChI=1S/C27H29N5O7S/c1-5-6-7-10-13-40-27-28-25-23(29-30-27)19-11-8-9-12-21(19)31(16(2)33)26(39-25)20-14-18(37-4)15-22(32(35)36)24(20)38-17(3)34/h8-9,11-12,14-15,26H,5-7,10,13H2,1-4H3/t26-/m1/s1. The van der Waals surface area contributed by atoms with Gasteiger partial charge in [-0.2, -0.15) is 4.98 Å². The van der Waals surface area contributed by atoms with Crippen molar-refractivity contribution in [2.75, 3.05) is 17.8 Å². The highest BCUT2D eigenvalue weighted by molar-refractivity contribution is 7.99. The molecule has 0 saturated heterocycles. The molecule has 210 valence electrons. The number of carbonyl (C=O) groups excluding carboxylic acids is 2. The molecule has 0 unspecified atom stereocenters. The van der Waals surface area contributed by atoms with E-state index in [1.807, 2.05) is 0 Å². The Balaban J connectivity index is 1.90. The minimum absolute atomic E-state index is 0.0199. The van der Waals surface area contributed by atoms with Crippen LogP contribution in [0.3, 0.4) is 0 Å². The second-order valence-electron chi connectivity index (χ2n) is 8.95. The molecule has 3 aromatic rings. The number of nitro benzene ring substituents is 1. The van der Waals surface area contributed by atoms with Crippen LogP contribution in [0.15, 0.2) is 41.6 Å². The number of amides is 1. The molecule has 0 spiro atoms. The van der Waals surface area contributed by atoms with Crippen LogP contribution in [0.4, 0.5) is 11.4 Å². The summed E-state index contributed by atoms with van der Waals surface area (Å²) in [5.41, 5.74) is 0.728. The summed E-state index contributed by atoms with van der Waals surface area (Å²) in [6, 6.07) is 9.53. The maximum atomic E-state index is 13.2. The van der Waals surface area contributed by atoms with Crippen LogP contribution in [0.2, 0.25) is 0 Å². The largest absolute Gasteiger partial charge is 0.496 e. The Bertz CT molecular complexity index is 1430. The van der Waals surface area contributed by atoms with E-state index in [4.69, 9.17) is 14.2 Å². The first-order chi connectivity index (χ1) is 19.2. The van der Waals surface area contributed by atoms with Crippen molar-refractivity contribution in [3.8, 4) is 28.6 Å². The predicted molar refractivity (Wildman–Crippen MR) is 148 cm³/mol. The zero-order chi connectivity index (χ0) is 28.8. The Hall–Kier alpha value is -4.26. The Morgan fingerprint density at radius 1 is 1.15 bits per heavy atom. The van der Waals surface area contributed by atoms with Gasteiger partial charge in [0, 0.05) is 25.2 Å². The fourth-order valence-electron chi connectivity index (χ4n) is 4.31. The molecule has 2 heterocycles. The van der Waals surface area contributed by atoms with Gasteiger partial charge >= 0.3 is 11.7 Å². The van der Waals surface area contributed by atoms with Crippen molar-refractivity contribution < 1.29 is 28.7 Å². The summed E-state index contributed by atoms with van der Waals surface area (Å²) in [6.07, 6.45) is 3.02. The number of para-hydroxylation sites is 1. The zero-order valence-corrected chi connectivity index (χ0v) is 23.4. The predicted octanol–water partition coefficient (Wildman–Crippen LogP) is 5.50. The number of aromatic nitrogens is 3. The number of unbranched alkanes of at least 4 members (excludes halogenated alkanes) is 3. The molecule has 1 aliphatic rings. The summed E-state index contributed by atoms with van der Waals surface area (Å²) in [7, 11) is 1.34. The number of hydrogen-bond acceptors (Lipinski definition) is 11. The molecular formula is C27H29N5O7S. The Labute approximate surface area is 235 Å². The molecule has 0 N–H and O–H groups in total. The van der Waals surface area contributed by atoms with Crippen molar-refractivity contribution >= 4 is 35.0 Å². The van der Waals surface area contributed by atoms with Gasteiger partial charge in [-0.3, -0.25) is 24.6 Å². The van der Waals surface area contributed by atoms with Crippen molar-refractivity contribution in [3.63, 3.8) is 0 Å². The summed E-state index contributed by atoms with van der Waals surface area (Å²) in [5.74, 6) is -0.633. The van der Waals surface area contributed by atoms with Gasteiger partial charge in [-0.1, -0.05) is 56.1 Å². The zero-order valence-electron chi connectivity index (χ0n) is 22.6. The number of carbonyl (C=O) groups is 2. The number of methoxy groups -OCH3 is 1. The molecule has 2 aromatic carbocycles. The van der Waals surface area contributed by atoms with Crippen LogP contribution < -0.4 is 19.1 Å². The van der Waals surface area contributed by atoms with Gasteiger partial charge < -0.3 is 14.2 Å². The van der Waals surface area contributed by atoms with E-state index in [9.17, 15) is 19.7 Å². The Morgan fingerprint density at radius 2 is 1.93 bits per heavy atom. The van der Waals surface area contributed by atoms with Crippen molar-refractivity contribution in [3.05, 3.63) is 52.1 Å². The van der Waals surface area contributed by atoms with E-state index in [-0.39, 0.29) is 22.9 Å². The molecule has 12 nitrogen and oxygen atoms in total. The highest BCUT2D eigenvalue weighted by Crippen LogP contribution is 2.47. The van der Waals surface area contributed by atoms with E-state index < -0.39 is 28.7 Å². The van der Waals surface area contributed by atoms with Gasteiger partial charge in [0.1, 0.15) is 5.75 Å². The molecule has 1 aromatic heterocycles. The quantitative estimate of drug-likeness (QED) is 0.0764. The third-order valence-electron chi connectivity index (χ3n) is 6.10. The van der Waals surface area contributed by atoms with Crippen LogP contribution in [-0.2, 0) is 9.59 Å². The van der Waals surface area contributed by atoms with Crippen LogP contribution >= 0.6 is 11.8 Å². The van der Waals surface area contributed by atoms with E-state index in [2.05, 4.69) is 22.1 Å². The van der Waals surface area contributed by atoms with Gasteiger partial charge in [-0.05, 0) is 18.6 Å². The Morgan fingerprint density at radius 3 is 2.60 bits per heavy atom. The lowest BCUT2D eigenvalue weighted by molar-refractivity contribution is -0.385. The lowest BCUT2D eigenvalue weighted by atomic mass is 10.1. The highest BCUT2D eigenvalue weighted by atomic mass is 32.2. The lowest BCUT2D eigenvalue weighted by Gasteiger charge is -2.30. The molecular weight excluding hydrogens is 538 g/mol. The maximum Gasteiger partial charge on any atom is 0.315 e. The molecule has 1 atom stereocenters. The van der Waals surface area contributed by atoms with Crippen molar-refractivity contribution in [1.82, 2.24) is 15.2 Å². The maximum absolute atomic E-state index is 13.2. The molecule has 1 aliphatic heterocycles. The Kier molecular flexibility index (Phi) is 9.15. The van der Waals surface area contributed by atoms with Crippen molar-refractivity contribution in [2.45, 2.75) is 57.8 Å². The summed E-state index contributed by atoms with van der Waals surface area (Å²) in [4.78, 5) is 42.4. The smallest absolute Gasteiger partial charge is 0.315 e. The van der Waals surface area contributed by atoms with E-state index >= 15 is 0 Å². The lowest BCUT2D eigenvalue weighted by Crippen LogP contribution is -2.36. The summed E-state index contributed by atoms with van der Waals surface area (Å²) >= 11 is 1.44. The molecule has 4 rings (SSSR count). The van der Waals surface area contributed by atoms with Gasteiger partial charge in [0.05, 0.1) is 29.4 Å². The molecule has 40 heavy (non-hydrogen) atoms. The fraction of sp³-hybridized carbons (Fsp3) is 0.370. The first-order valence-corrected chi connectivity index (χ1v) is 13.7. The minimum Gasteiger partial charge on any atom is -0.496 e. The third-order valence-corrected chi connectivity index (χ3v) is 7.02. The second-order valence-corrected chi connectivity index (χ2v) is 10.0. The number of nitro groups is 1. The number of hydrogen-bond donors (Lipinski definition) is 0. The summed E-state index contributed by atoms with van der Waals surface area (Å²) < 4.78 is 17.0. The van der Waals surface area contributed by atoms with E-state index in [1.165, 1.54) is 36.8 Å². The number of benzene rings is 2. The third kappa shape index (κ3) is 6.14. The number of anilines is 1. The van der Waals surface area contributed by atoms with Crippen LogP contribution in [0.1, 0.15) is 58.2 Å². The van der Waals surface area contributed by atoms with Gasteiger partial charge in [0.2, 0.25) is 28.9 Å². The van der Waals surface area contributed by atoms with Gasteiger partial charge in [-0.25, -0.2) is 0 Å². The van der Waals surface area contributed by atoms with Crippen LogP contribution in [0, 0.1) is 10.1 Å². The monoisotopic (exact) mass is 567 g/mol. The van der Waals surface area contributed by atoms with Crippen molar-refractivity contribution in [1.29, 1.82) is 0 Å². The van der Waals surface area contributed by atoms with Crippen LogP contribution in [-0.4, -0.2) is 44.8 Å². The summed E-state index contributed by atoms with van der Waals surface area (Å²) in [6.45, 7) is 4.60. The van der Waals surface area contributed by atoms with Gasteiger partial charge in [0.25, 0.3) is 0 Å². The number of rotatable bonds is 10. The van der Waals surface area contributed by atoms with Crippen LogP contribution in [0.25, 0.3) is 11.3 Å². The molecule has 0 fully saturated rings. The minimum atomic E-state index is -1.33. The molecule has 0 aliphatic carbocycles.